The minimum atomic E-state index is 0.454. The second-order valence-corrected chi connectivity index (χ2v) is 9.07. The van der Waals surface area contributed by atoms with Crippen molar-refractivity contribution < 1.29 is 9.47 Å². The molecule has 0 aliphatic rings. The number of hydrogen-bond acceptors (Lipinski definition) is 8. The van der Waals surface area contributed by atoms with E-state index >= 15 is 0 Å². The average Bonchev–Trinajstić information content (AvgIpc) is 2.79. The van der Waals surface area contributed by atoms with Gasteiger partial charge in [-0.15, -0.1) is 0 Å². The van der Waals surface area contributed by atoms with E-state index < -0.39 is 0 Å². The van der Waals surface area contributed by atoms with Gasteiger partial charge in [0.15, 0.2) is 0 Å². The Morgan fingerprint density at radius 2 is 0.812 bits per heavy atom. The van der Waals surface area contributed by atoms with Crippen LogP contribution in [0.2, 0.25) is 0 Å². The SMILES string of the molecule is Nc1cc(Oc2ccccc2)c(SSc2cc(N)c(N)cc2Oc2ccccc2)cc1N. The fourth-order valence-electron chi connectivity index (χ4n) is 2.79. The third kappa shape index (κ3) is 5.16. The Hall–Kier alpha value is -3.62. The summed E-state index contributed by atoms with van der Waals surface area (Å²) in [5, 5.41) is 0. The van der Waals surface area contributed by atoms with Crippen LogP contribution in [0.25, 0.3) is 0 Å². The van der Waals surface area contributed by atoms with E-state index in [4.69, 9.17) is 32.4 Å². The van der Waals surface area contributed by atoms with Crippen molar-refractivity contribution in [2.75, 3.05) is 22.9 Å². The number of ether oxygens (including phenoxy) is 2. The van der Waals surface area contributed by atoms with Gasteiger partial charge in [0.25, 0.3) is 0 Å². The van der Waals surface area contributed by atoms with Crippen LogP contribution in [0.3, 0.4) is 0 Å². The van der Waals surface area contributed by atoms with E-state index in [0.717, 1.165) is 9.79 Å². The Bertz CT molecular complexity index is 1120. The molecule has 6 nitrogen and oxygen atoms in total. The molecule has 8 heteroatoms. The first-order valence-electron chi connectivity index (χ1n) is 9.68. The molecule has 0 aromatic heterocycles. The monoisotopic (exact) mass is 462 g/mol. The van der Waals surface area contributed by atoms with Crippen molar-refractivity contribution in [3.63, 3.8) is 0 Å². The fraction of sp³-hybridized carbons (Fsp3) is 0. The van der Waals surface area contributed by atoms with E-state index in [9.17, 15) is 0 Å². The molecular weight excluding hydrogens is 440 g/mol. The number of nitrogens with two attached hydrogens (primary N) is 4. The van der Waals surface area contributed by atoms with Crippen molar-refractivity contribution in [3.05, 3.63) is 84.9 Å². The lowest BCUT2D eigenvalue weighted by Crippen LogP contribution is -1.97. The van der Waals surface area contributed by atoms with Gasteiger partial charge in [-0.1, -0.05) is 36.4 Å². The second-order valence-electron chi connectivity index (χ2n) is 6.85. The van der Waals surface area contributed by atoms with Crippen molar-refractivity contribution in [2.45, 2.75) is 9.79 Å². The summed E-state index contributed by atoms with van der Waals surface area (Å²) in [5.74, 6) is 2.62. The number of rotatable bonds is 7. The van der Waals surface area contributed by atoms with Crippen LogP contribution in [0.4, 0.5) is 22.7 Å². The lowest BCUT2D eigenvalue weighted by molar-refractivity contribution is 0.471. The Balaban J connectivity index is 1.62. The second kappa shape index (κ2) is 9.67. The van der Waals surface area contributed by atoms with Crippen LogP contribution in [0.5, 0.6) is 23.0 Å². The first-order chi connectivity index (χ1) is 15.5. The highest BCUT2D eigenvalue weighted by Crippen LogP contribution is 2.49. The highest BCUT2D eigenvalue weighted by Gasteiger charge is 2.15. The Morgan fingerprint density at radius 1 is 0.469 bits per heavy atom. The molecule has 4 aromatic carbocycles. The van der Waals surface area contributed by atoms with Gasteiger partial charge in [-0.3, -0.25) is 0 Å². The summed E-state index contributed by atoms with van der Waals surface area (Å²) in [6.45, 7) is 0. The minimum absolute atomic E-state index is 0.454. The van der Waals surface area contributed by atoms with E-state index in [1.165, 1.54) is 21.6 Å². The molecule has 0 fully saturated rings. The maximum Gasteiger partial charge on any atom is 0.144 e. The normalized spacial score (nSPS) is 10.6. The molecule has 0 heterocycles. The van der Waals surface area contributed by atoms with Crippen molar-refractivity contribution in [1.82, 2.24) is 0 Å². The molecule has 32 heavy (non-hydrogen) atoms. The number of benzene rings is 4. The molecule has 4 aromatic rings. The molecule has 0 aliphatic carbocycles. The van der Waals surface area contributed by atoms with E-state index in [2.05, 4.69) is 0 Å². The molecule has 0 aliphatic heterocycles. The topological polar surface area (TPSA) is 123 Å². The smallest absolute Gasteiger partial charge is 0.144 e. The maximum absolute atomic E-state index is 6.06. The molecule has 0 amide bonds. The van der Waals surface area contributed by atoms with Crippen LogP contribution in [-0.2, 0) is 0 Å². The number of anilines is 4. The van der Waals surface area contributed by atoms with Gasteiger partial charge in [0.2, 0.25) is 0 Å². The van der Waals surface area contributed by atoms with Crippen LogP contribution in [0, 0.1) is 0 Å². The van der Waals surface area contributed by atoms with Gasteiger partial charge in [-0.2, -0.15) is 0 Å². The third-order valence-corrected chi connectivity index (χ3v) is 6.87. The predicted octanol–water partition coefficient (Wildman–Crippen LogP) is 6.40. The van der Waals surface area contributed by atoms with Gasteiger partial charge in [-0.25, -0.2) is 0 Å². The van der Waals surface area contributed by atoms with Gasteiger partial charge >= 0.3 is 0 Å². The van der Waals surface area contributed by atoms with Crippen molar-refractivity contribution >= 4 is 44.3 Å². The molecule has 4 rings (SSSR count). The Morgan fingerprint density at radius 3 is 1.19 bits per heavy atom. The average molecular weight is 463 g/mol. The Labute approximate surface area is 194 Å². The zero-order chi connectivity index (χ0) is 22.5. The lowest BCUT2D eigenvalue weighted by Gasteiger charge is -2.15. The third-order valence-electron chi connectivity index (χ3n) is 4.46. The fourth-order valence-corrected chi connectivity index (χ4v) is 5.01. The van der Waals surface area contributed by atoms with Gasteiger partial charge in [0.1, 0.15) is 23.0 Å². The molecule has 162 valence electrons. The summed E-state index contributed by atoms with van der Waals surface area (Å²) in [7, 11) is 2.92. The summed E-state index contributed by atoms with van der Waals surface area (Å²) in [6.07, 6.45) is 0. The highest BCUT2D eigenvalue weighted by atomic mass is 33.1. The van der Waals surface area contributed by atoms with E-state index in [0.29, 0.717) is 45.7 Å². The van der Waals surface area contributed by atoms with Crippen LogP contribution in [0.15, 0.2) is 94.7 Å². The summed E-state index contributed by atoms with van der Waals surface area (Å²) in [5.41, 5.74) is 26.0. The maximum atomic E-state index is 6.06. The quantitative estimate of drug-likeness (QED) is 0.184. The van der Waals surface area contributed by atoms with E-state index in [-0.39, 0.29) is 0 Å². The molecule has 8 N–H and O–H groups in total. The van der Waals surface area contributed by atoms with Crippen LogP contribution in [0.1, 0.15) is 0 Å². The zero-order valence-electron chi connectivity index (χ0n) is 17.0. The first-order valence-corrected chi connectivity index (χ1v) is 11.8. The largest absolute Gasteiger partial charge is 0.456 e. The number of hydrogen-bond donors (Lipinski definition) is 4. The Kier molecular flexibility index (Phi) is 6.53. The molecule has 0 radical (unpaired) electrons. The van der Waals surface area contributed by atoms with Crippen molar-refractivity contribution in [2.24, 2.45) is 0 Å². The number of para-hydroxylation sites is 2. The molecule has 0 atom stereocenters. The zero-order valence-corrected chi connectivity index (χ0v) is 18.7. The van der Waals surface area contributed by atoms with Gasteiger partial charge in [0, 0.05) is 12.1 Å². The highest BCUT2D eigenvalue weighted by molar-refractivity contribution is 8.76. The molecule has 0 bridgehead atoms. The van der Waals surface area contributed by atoms with Crippen molar-refractivity contribution in [1.29, 1.82) is 0 Å². The van der Waals surface area contributed by atoms with E-state index in [1.54, 1.807) is 24.3 Å². The standard InChI is InChI=1S/C24H22N4O2S2/c25-17-11-21(29-15-7-3-1-4-8-15)23(13-19(17)27)31-32-24-14-20(28)18(26)12-22(24)30-16-9-5-2-6-10-16/h1-14H,25-28H2. The molecule has 0 saturated carbocycles. The molecule has 0 saturated heterocycles. The van der Waals surface area contributed by atoms with E-state index in [1.807, 2.05) is 60.7 Å². The molecule has 0 unspecified atom stereocenters. The van der Waals surface area contributed by atoms with Crippen LogP contribution < -0.4 is 32.4 Å². The van der Waals surface area contributed by atoms with Gasteiger partial charge in [-0.05, 0) is 58.0 Å². The summed E-state index contributed by atoms with van der Waals surface area (Å²) in [6, 6.07) is 26.0. The summed E-state index contributed by atoms with van der Waals surface area (Å²) >= 11 is 0. The van der Waals surface area contributed by atoms with Crippen LogP contribution in [-0.4, -0.2) is 0 Å². The number of nitrogen functional groups attached to an aromatic ring is 4. The summed E-state index contributed by atoms with van der Waals surface area (Å²) < 4.78 is 12.1. The van der Waals surface area contributed by atoms with Crippen LogP contribution >= 0.6 is 21.6 Å². The molecule has 0 spiro atoms. The first kappa shape index (κ1) is 21.6. The summed E-state index contributed by atoms with van der Waals surface area (Å²) in [4.78, 5) is 1.62. The molecular formula is C24H22N4O2S2. The van der Waals surface area contributed by atoms with Gasteiger partial charge in [0.05, 0.1) is 32.5 Å². The predicted molar refractivity (Wildman–Crippen MR) is 135 cm³/mol. The minimum Gasteiger partial charge on any atom is -0.456 e. The van der Waals surface area contributed by atoms with Gasteiger partial charge < -0.3 is 32.4 Å². The lowest BCUT2D eigenvalue weighted by atomic mass is 10.2. The van der Waals surface area contributed by atoms with Crippen molar-refractivity contribution in [3.8, 4) is 23.0 Å².